The molecule has 96 valence electrons. The Morgan fingerprint density at radius 1 is 1.24 bits per heavy atom. The van der Waals surface area contributed by atoms with Crippen molar-refractivity contribution in [3.8, 4) is 0 Å². The molecule has 0 saturated carbocycles. The largest absolute Gasteiger partial charge is 0.389 e. The van der Waals surface area contributed by atoms with Crippen LogP contribution in [0, 0.1) is 5.82 Å². The number of halogens is 4. The van der Waals surface area contributed by atoms with E-state index in [0.717, 1.165) is 12.3 Å². The molecule has 0 aliphatic carbocycles. The van der Waals surface area contributed by atoms with E-state index in [1.54, 1.807) is 0 Å². The van der Waals surface area contributed by atoms with Crippen molar-refractivity contribution in [2.45, 2.75) is 38.0 Å². The van der Waals surface area contributed by atoms with Gasteiger partial charge in [0.1, 0.15) is 5.82 Å². The van der Waals surface area contributed by atoms with Crippen LogP contribution >= 0.6 is 0 Å². The summed E-state index contributed by atoms with van der Waals surface area (Å²) < 4.78 is 48.7. The summed E-state index contributed by atoms with van der Waals surface area (Å²) in [5, 5.41) is 9.93. The van der Waals surface area contributed by atoms with Gasteiger partial charge in [0.15, 0.2) is 0 Å². The van der Waals surface area contributed by atoms with Gasteiger partial charge < -0.3 is 5.11 Å². The van der Waals surface area contributed by atoms with Crippen molar-refractivity contribution in [1.82, 2.24) is 4.98 Å². The highest BCUT2D eigenvalue weighted by atomic mass is 19.4. The maximum atomic E-state index is 12.9. The topological polar surface area (TPSA) is 33.1 Å². The molecule has 1 aromatic heterocycles. The summed E-state index contributed by atoms with van der Waals surface area (Å²) in [4.78, 5) is 3.55. The molecule has 0 aliphatic heterocycles. The van der Waals surface area contributed by atoms with E-state index < -0.39 is 24.0 Å². The van der Waals surface area contributed by atoms with Gasteiger partial charge >= 0.3 is 6.18 Å². The highest BCUT2D eigenvalue weighted by Gasteiger charge is 2.30. The third-order valence-corrected chi connectivity index (χ3v) is 2.45. The van der Waals surface area contributed by atoms with Gasteiger partial charge in [-0.25, -0.2) is 4.39 Å². The molecule has 0 radical (unpaired) electrons. The number of nitrogens with zero attached hydrogens (tertiary/aromatic N) is 1. The van der Waals surface area contributed by atoms with Crippen LogP contribution in [0.2, 0.25) is 0 Å². The highest BCUT2D eigenvalue weighted by molar-refractivity contribution is 5.17. The number of aliphatic hydroxyl groups is 1. The Kier molecular flexibility index (Phi) is 4.08. The van der Waals surface area contributed by atoms with Gasteiger partial charge in [-0.1, -0.05) is 0 Å². The molecule has 0 fully saturated rings. The number of hydrogen-bond donors (Lipinski definition) is 1. The maximum Gasteiger partial charge on any atom is 0.389 e. The summed E-state index contributed by atoms with van der Waals surface area (Å²) in [6.07, 6.45) is -3.31. The van der Waals surface area contributed by atoms with Crippen LogP contribution in [-0.2, 0) is 5.60 Å². The monoisotopic (exact) mass is 251 g/mol. The fourth-order valence-corrected chi connectivity index (χ4v) is 1.48. The Bertz CT molecular complexity index is 376. The van der Waals surface area contributed by atoms with E-state index in [1.165, 1.54) is 13.1 Å². The minimum absolute atomic E-state index is 0.0996. The number of hydrogen-bond acceptors (Lipinski definition) is 2. The van der Waals surface area contributed by atoms with Crippen LogP contribution in [0.3, 0.4) is 0 Å². The maximum absolute atomic E-state index is 12.9. The molecule has 0 bridgehead atoms. The predicted octanol–water partition coefficient (Wildman–Crippen LogP) is 3.16. The first-order valence-corrected chi connectivity index (χ1v) is 5.11. The lowest BCUT2D eigenvalue weighted by molar-refractivity contribution is -0.137. The average Bonchev–Trinajstić information content (AvgIpc) is 2.15. The molecule has 0 spiro atoms. The SMILES string of the molecule is CC(O)(CCCC(F)(F)F)c1cncc(F)c1. The smallest absolute Gasteiger partial charge is 0.385 e. The van der Waals surface area contributed by atoms with Gasteiger partial charge in [-0.2, -0.15) is 13.2 Å². The fraction of sp³-hybridized carbons (Fsp3) is 0.545. The first-order chi connectivity index (χ1) is 7.71. The van der Waals surface area contributed by atoms with Gasteiger partial charge in [0.05, 0.1) is 11.8 Å². The lowest BCUT2D eigenvalue weighted by atomic mass is 9.91. The Labute approximate surface area is 96.3 Å². The van der Waals surface area contributed by atoms with Crippen LogP contribution in [0.4, 0.5) is 17.6 Å². The first kappa shape index (κ1) is 13.9. The quantitative estimate of drug-likeness (QED) is 0.834. The van der Waals surface area contributed by atoms with Crippen molar-refractivity contribution in [2.24, 2.45) is 0 Å². The van der Waals surface area contributed by atoms with Crippen LogP contribution in [0.25, 0.3) is 0 Å². The molecule has 0 aromatic carbocycles. The van der Waals surface area contributed by atoms with Crippen molar-refractivity contribution in [3.63, 3.8) is 0 Å². The van der Waals surface area contributed by atoms with Crippen LogP contribution in [0.15, 0.2) is 18.5 Å². The third kappa shape index (κ3) is 4.68. The van der Waals surface area contributed by atoms with Crippen LogP contribution < -0.4 is 0 Å². The molecule has 1 atom stereocenters. The third-order valence-electron chi connectivity index (χ3n) is 2.45. The highest BCUT2D eigenvalue weighted by Crippen LogP contribution is 2.30. The molecule has 0 amide bonds. The van der Waals surface area contributed by atoms with Crippen molar-refractivity contribution in [3.05, 3.63) is 29.8 Å². The summed E-state index contributed by atoms with van der Waals surface area (Å²) in [6, 6.07) is 1.07. The van der Waals surface area contributed by atoms with Gasteiger partial charge in [-0.15, -0.1) is 0 Å². The number of rotatable bonds is 4. The molecule has 1 aromatic rings. The number of pyridine rings is 1. The number of aromatic nitrogens is 1. The molecule has 1 N–H and O–H groups in total. The molecule has 1 heterocycles. The predicted molar refractivity (Wildman–Crippen MR) is 53.7 cm³/mol. The Hall–Kier alpha value is -1.17. The van der Waals surface area contributed by atoms with E-state index in [-0.39, 0.29) is 18.4 Å². The normalized spacial score (nSPS) is 15.6. The molecular weight excluding hydrogens is 238 g/mol. The van der Waals surface area contributed by atoms with E-state index in [2.05, 4.69) is 4.98 Å². The molecular formula is C11H13F4NO. The summed E-state index contributed by atoms with van der Waals surface area (Å²) in [5.74, 6) is -0.626. The zero-order chi connectivity index (χ0) is 13.1. The summed E-state index contributed by atoms with van der Waals surface area (Å²) >= 11 is 0. The minimum Gasteiger partial charge on any atom is -0.385 e. The zero-order valence-corrected chi connectivity index (χ0v) is 9.26. The van der Waals surface area contributed by atoms with E-state index in [4.69, 9.17) is 0 Å². The molecule has 6 heteroatoms. The Balaban J connectivity index is 2.62. The summed E-state index contributed by atoms with van der Waals surface area (Å²) in [5.41, 5.74) is -1.32. The fourth-order valence-electron chi connectivity index (χ4n) is 1.48. The van der Waals surface area contributed by atoms with E-state index in [1.807, 2.05) is 0 Å². The molecule has 2 nitrogen and oxygen atoms in total. The second-order valence-corrected chi connectivity index (χ2v) is 4.13. The lowest BCUT2D eigenvalue weighted by Gasteiger charge is -2.23. The van der Waals surface area contributed by atoms with Gasteiger partial charge in [0.2, 0.25) is 0 Å². The average molecular weight is 251 g/mol. The molecule has 1 rings (SSSR count). The second kappa shape index (κ2) is 5.00. The molecule has 0 saturated heterocycles. The van der Waals surface area contributed by atoms with Crippen molar-refractivity contribution in [2.75, 3.05) is 0 Å². The number of alkyl halides is 3. The van der Waals surface area contributed by atoms with E-state index in [0.29, 0.717) is 0 Å². The van der Waals surface area contributed by atoms with Crippen LogP contribution in [0.5, 0.6) is 0 Å². The first-order valence-electron chi connectivity index (χ1n) is 5.11. The van der Waals surface area contributed by atoms with Crippen molar-refractivity contribution >= 4 is 0 Å². The van der Waals surface area contributed by atoms with E-state index in [9.17, 15) is 22.7 Å². The zero-order valence-electron chi connectivity index (χ0n) is 9.26. The van der Waals surface area contributed by atoms with Crippen LogP contribution in [0.1, 0.15) is 31.7 Å². The van der Waals surface area contributed by atoms with E-state index >= 15 is 0 Å². The van der Waals surface area contributed by atoms with Gasteiger partial charge in [0.25, 0.3) is 0 Å². The minimum atomic E-state index is -4.24. The molecule has 1 unspecified atom stereocenters. The summed E-state index contributed by atoms with van der Waals surface area (Å²) in [6.45, 7) is 1.35. The molecule has 17 heavy (non-hydrogen) atoms. The lowest BCUT2D eigenvalue weighted by Crippen LogP contribution is -2.22. The Morgan fingerprint density at radius 2 is 1.88 bits per heavy atom. The van der Waals surface area contributed by atoms with Crippen molar-refractivity contribution < 1.29 is 22.7 Å². The second-order valence-electron chi connectivity index (χ2n) is 4.13. The van der Waals surface area contributed by atoms with Gasteiger partial charge in [-0.3, -0.25) is 4.98 Å². The van der Waals surface area contributed by atoms with Gasteiger partial charge in [-0.05, 0) is 25.8 Å². The Morgan fingerprint density at radius 3 is 2.41 bits per heavy atom. The molecule has 0 aliphatic rings. The summed E-state index contributed by atoms with van der Waals surface area (Å²) in [7, 11) is 0. The standard InChI is InChI=1S/C11H13F4NO/c1-10(17,3-2-4-11(13,14)15)8-5-9(12)7-16-6-8/h5-7,17H,2-4H2,1H3. The van der Waals surface area contributed by atoms with Crippen molar-refractivity contribution in [1.29, 1.82) is 0 Å². The van der Waals surface area contributed by atoms with Gasteiger partial charge in [0, 0.05) is 18.2 Å². The van der Waals surface area contributed by atoms with Crippen LogP contribution in [-0.4, -0.2) is 16.3 Å².